The number of ether oxygens (including phenoxy) is 1. The predicted octanol–water partition coefficient (Wildman–Crippen LogP) is 7.71. The lowest BCUT2D eigenvalue weighted by Crippen LogP contribution is -2.65. The van der Waals surface area contributed by atoms with Gasteiger partial charge >= 0.3 is 24.1 Å². The molecule has 10 aliphatic carbocycles. The molecule has 4 aromatic carbocycles. The number of likely N-dealkylation sites (tertiary alicyclic amines) is 4. The van der Waals surface area contributed by atoms with Crippen LogP contribution in [0.4, 0.5) is 41.9 Å². The van der Waals surface area contributed by atoms with Crippen molar-refractivity contribution in [3.8, 4) is 0 Å². The maximum Gasteiger partial charge on any atom is 0.332 e. The predicted molar refractivity (Wildman–Crippen MR) is 433 cm³/mol. The highest BCUT2D eigenvalue weighted by molar-refractivity contribution is 7.91. The number of hydrogen-bond acceptors (Lipinski definition) is 18. The van der Waals surface area contributed by atoms with Crippen LogP contribution in [0.25, 0.3) is 0 Å². The van der Waals surface area contributed by atoms with E-state index in [1.54, 1.807) is 0 Å². The second-order valence-corrected chi connectivity index (χ2v) is 45.1. The SMILES string of the molecule is CC1(C)CC(N2CC(S(=O)(=O)NC(=O)Nc3c4c(cc5c3CCC5)CCC4)C2)C1.CC1CC(N2CC(S(=O)(=O)NC(=O)Nc3c4c(cc5c3CCC5)CCC4)C2)C1.O=C(Nc1c2c(cc3c1CCC3)CCC2)NS(=O)(=O)C1CN(C2COC2)C1.O=C(Nc1c2c(cc3c1CCC3)CCC2)NS(=O)(=O)C1CN(C2CS(=O)C2)C1. The number of rotatable bonds is 16. The molecule has 6 heterocycles. The van der Waals surface area contributed by atoms with E-state index in [2.05, 4.69) is 99.9 Å². The van der Waals surface area contributed by atoms with Crippen LogP contribution in [0.5, 0.6) is 0 Å². The molecule has 112 heavy (non-hydrogen) atoms. The van der Waals surface area contributed by atoms with Crippen molar-refractivity contribution in [2.75, 3.05) is 98.3 Å². The first-order valence-electron chi connectivity index (χ1n) is 41.4. The van der Waals surface area contributed by atoms with Gasteiger partial charge in [-0.15, -0.1) is 0 Å². The van der Waals surface area contributed by atoms with Gasteiger partial charge in [0.15, 0.2) is 0 Å². The minimum Gasteiger partial charge on any atom is -0.378 e. The van der Waals surface area contributed by atoms with Crippen molar-refractivity contribution in [1.82, 2.24) is 38.5 Å². The van der Waals surface area contributed by atoms with Crippen molar-refractivity contribution in [1.29, 1.82) is 0 Å². The Bertz CT molecular complexity index is 4820. The number of urea groups is 4. The highest BCUT2D eigenvalue weighted by atomic mass is 32.2. The zero-order chi connectivity index (χ0) is 77.9. The molecule has 4 aromatic rings. The minimum atomic E-state index is -3.71. The fraction of sp³-hybridized carbons (Fsp3) is 0.654. The highest BCUT2D eigenvalue weighted by Gasteiger charge is 2.50. The van der Waals surface area contributed by atoms with E-state index in [4.69, 9.17) is 4.74 Å². The van der Waals surface area contributed by atoms with Gasteiger partial charge in [-0.1, -0.05) is 45.0 Å². The van der Waals surface area contributed by atoms with Gasteiger partial charge in [0, 0.05) is 116 Å². The summed E-state index contributed by atoms with van der Waals surface area (Å²) in [6.45, 7) is 11.9. The van der Waals surface area contributed by atoms with Gasteiger partial charge in [-0.25, -0.2) is 71.7 Å². The number of fused-ring (bicyclic) bond motifs is 8. The Kier molecular flexibility index (Phi) is 21.6. The van der Waals surface area contributed by atoms with E-state index in [0.29, 0.717) is 101 Å². The van der Waals surface area contributed by atoms with Crippen LogP contribution >= 0.6 is 0 Å². The van der Waals surface area contributed by atoms with Crippen molar-refractivity contribution in [2.24, 2.45) is 11.3 Å². The summed E-state index contributed by atoms with van der Waals surface area (Å²) in [5.41, 5.74) is 24.0. The summed E-state index contributed by atoms with van der Waals surface area (Å²) in [7, 11) is -15.4. The average molecular weight is 1640 g/mol. The maximum absolute atomic E-state index is 12.7. The van der Waals surface area contributed by atoms with E-state index in [-0.39, 0.29) is 6.04 Å². The third-order valence-corrected chi connectivity index (χ3v) is 35.5. The molecule has 0 bridgehead atoms. The number of nitrogens with one attached hydrogen (secondary N) is 8. The molecule has 8 N–H and O–H groups in total. The summed E-state index contributed by atoms with van der Waals surface area (Å²) in [6.07, 6.45) is 29.3. The molecule has 6 saturated heterocycles. The highest BCUT2D eigenvalue weighted by Crippen LogP contribution is 2.47. The van der Waals surface area contributed by atoms with Gasteiger partial charge in [-0.3, -0.25) is 23.8 Å². The molecular weight excluding hydrogens is 1530 g/mol. The van der Waals surface area contributed by atoms with Crippen LogP contribution in [0.2, 0.25) is 0 Å². The van der Waals surface area contributed by atoms with Gasteiger partial charge in [0.1, 0.15) is 21.0 Å². The molecule has 608 valence electrons. The lowest BCUT2D eigenvalue weighted by molar-refractivity contribution is -0.0830. The number of hydrogen-bond donors (Lipinski definition) is 8. The summed E-state index contributed by atoms with van der Waals surface area (Å²) < 4.78 is 126. The van der Waals surface area contributed by atoms with E-state index in [1.165, 1.54) is 89.0 Å². The van der Waals surface area contributed by atoms with Crippen LogP contribution in [-0.4, -0.2) is 204 Å². The molecule has 0 aromatic heterocycles. The van der Waals surface area contributed by atoms with E-state index >= 15 is 0 Å². The zero-order valence-corrected chi connectivity index (χ0v) is 68.9. The number of nitrogens with zero attached hydrogens (tertiary/aromatic N) is 4. The average Bonchev–Trinajstić information content (AvgIpc) is 1.35. The Hall–Kier alpha value is -6.29. The number of sulfonamides is 4. The smallest absolute Gasteiger partial charge is 0.332 e. The summed E-state index contributed by atoms with van der Waals surface area (Å²) in [6, 6.07) is 8.27. The number of carbonyl (C=O) groups excluding carboxylic acids is 4. The number of aryl methyl sites for hydroxylation is 8. The molecule has 8 fully saturated rings. The largest absolute Gasteiger partial charge is 0.378 e. The molecule has 0 radical (unpaired) electrons. The normalized spacial score (nSPS) is 25.1. The molecular formula is C81H110N12O14S5. The van der Waals surface area contributed by atoms with E-state index in [0.717, 1.165) is 208 Å². The van der Waals surface area contributed by atoms with Crippen LogP contribution in [-0.2, 0) is 158 Å². The fourth-order valence-electron chi connectivity index (χ4n) is 20.8. The van der Waals surface area contributed by atoms with Crippen molar-refractivity contribution >= 4 is 97.8 Å². The van der Waals surface area contributed by atoms with Crippen molar-refractivity contribution < 1.29 is 61.8 Å². The van der Waals surface area contributed by atoms with Gasteiger partial charge in [0.2, 0.25) is 40.1 Å². The number of benzene rings is 4. The van der Waals surface area contributed by atoms with Gasteiger partial charge in [-0.05, 0) is 280 Å². The third-order valence-electron chi connectivity index (χ3n) is 27.4. The molecule has 0 unspecified atom stereocenters. The minimum absolute atomic E-state index is 0.232. The molecule has 0 spiro atoms. The molecule has 0 atom stereocenters. The topological polar surface area (TPSA) is 340 Å². The van der Waals surface area contributed by atoms with E-state index in [1.807, 2.05) is 4.90 Å². The van der Waals surface area contributed by atoms with Crippen LogP contribution in [0.15, 0.2) is 24.3 Å². The lowest BCUT2D eigenvalue weighted by Gasteiger charge is -2.53. The molecule has 8 amide bonds. The summed E-state index contributed by atoms with van der Waals surface area (Å²) in [5, 5.41) is 9.53. The molecule has 20 rings (SSSR count). The fourth-order valence-corrected chi connectivity index (χ4v) is 27.0. The quantitative estimate of drug-likeness (QED) is 0.0532. The Morgan fingerprint density at radius 1 is 0.357 bits per heavy atom. The second-order valence-electron chi connectivity index (χ2n) is 35.7. The lowest BCUT2D eigenvalue weighted by atomic mass is 9.67. The Morgan fingerprint density at radius 2 is 0.589 bits per heavy atom. The van der Waals surface area contributed by atoms with Crippen LogP contribution in [0.3, 0.4) is 0 Å². The standard InChI is InChI=1S/C22H31N3O3S.C21H29N3O3S.C19H25N3O4S2.C19H25N3O4S/c1-22(2)10-16(11-22)25-12-17(13-25)29(27,28)24-21(26)23-20-18-7-3-5-14(18)9-15-6-4-8-19(15)20;1-13-8-16(9-13)24-11-17(12-24)28(26,27)23-21(25)22-20-18-6-2-4-14(18)10-15-5-3-7-19(15)20;23-19(21-28(25,26)15-8-22(9-15)14-10-27(24)11-14)20-18-16-5-1-3-12(16)7-13-4-2-6-17(13)18;23-19(21-27(24,25)15-8-22(9-15)14-10-26-11-14)20-18-16-5-1-3-12(16)7-13-4-2-6-17(13)18/h9,16-17H,3-8,10-13H2,1-2H3,(H2,23,24,26);10,13,16-17H,2-9,11-12H2,1H3,(H2,22,23,25);7,14-15H,1-6,8-11H2,(H2,20,21,23);7,14-15H,1-6,8-11H2,(H2,20,21,23). The Morgan fingerprint density at radius 3 is 0.804 bits per heavy atom. The summed E-state index contributed by atoms with van der Waals surface area (Å²) in [4.78, 5) is 58.9. The van der Waals surface area contributed by atoms with Gasteiger partial charge in [0.05, 0.1) is 19.3 Å². The molecule has 6 aliphatic heterocycles. The third kappa shape index (κ3) is 16.0. The Labute approximate surface area is 662 Å². The first-order valence-corrected chi connectivity index (χ1v) is 49.1. The van der Waals surface area contributed by atoms with E-state index < -0.39 is 96.0 Å². The van der Waals surface area contributed by atoms with Crippen molar-refractivity contribution in [2.45, 2.75) is 246 Å². The van der Waals surface area contributed by atoms with Crippen LogP contribution in [0.1, 0.15) is 187 Å². The van der Waals surface area contributed by atoms with Crippen LogP contribution in [0, 0.1) is 11.3 Å². The van der Waals surface area contributed by atoms with Crippen LogP contribution < -0.4 is 40.2 Å². The maximum atomic E-state index is 12.7. The number of anilines is 4. The molecule has 2 saturated carbocycles. The molecule has 31 heteroatoms. The molecule has 16 aliphatic rings. The number of amides is 8. The summed E-state index contributed by atoms with van der Waals surface area (Å²) in [5.74, 6) is 2.01. The monoisotopic (exact) mass is 1630 g/mol. The summed E-state index contributed by atoms with van der Waals surface area (Å²) >= 11 is 0. The first-order chi connectivity index (χ1) is 53.5. The van der Waals surface area contributed by atoms with Crippen molar-refractivity contribution in [3.63, 3.8) is 0 Å². The van der Waals surface area contributed by atoms with E-state index in [9.17, 15) is 57.1 Å². The Balaban J connectivity index is 0.000000108. The molecule has 26 nitrogen and oxygen atoms in total. The number of carbonyl (C=O) groups is 4. The van der Waals surface area contributed by atoms with Crippen molar-refractivity contribution in [3.05, 3.63) is 113 Å². The zero-order valence-electron chi connectivity index (χ0n) is 64.8. The van der Waals surface area contributed by atoms with Gasteiger partial charge < -0.3 is 26.0 Å². The van der Waals surface area contributed by atoms with Gasteiger partial charge in [0.25, 0.3) is 0 Å². The second kappa shape index (κ2) is 31.0. The first kappa shape index (κ1) is 78.2. The van der Waals surface area contributed by atoms with Gasteiger partial charge in [-0.2, -0.15) is 0 Å².